The van der Waals surface area contributed by atoms with Gasteiger partial charge in [-0.25, -0.2) is 0 Å². The van der Waals surface area contributed by atoms with E-state index in [0.717, 1.165) is 5.69 Å². The highest BCUT2D eigenvalue weighted by Gasteiger charge is 2.19. The predicted octanol–water partition coefficient (Wildman–Crippen LogP) is 6.60. The number of hydrogen-bond donors (Lipinski definition) is 1. The molecule has 2 aromatic carbocycles. The number of hydrogen-bond acceptors (Lipinski definition) is 4. The summed E-state index contributed by atoms with van der Waals surface area (Å²) in [7, 11) is 0. The fraction of sp³-hybridized carbons (Fsp3) is 0.111. The van der Waals surface area contributed by atoms with Crippen LogP contribution in [-0.2, 0) is 0 Å². The van der Waals surface area contributed by atoms with Gasteiger partial charge < -0.3 is 5.32 Å². The molecule has 1 nitrogen and oxygen atoms in total. The lowest BCUT2D eigenvalue weighted by molar-refractivity contribution is 1.50. The molecule has 0 fully saturated rings. The number of para-hydroxylation sites is 1. The van der Waals surface area contributed by atoms with Crippen molar-refractivity contribution in [1.82, 2.24) is 0 Å². The summed E-state index contributed by atoms with van der Waals surface area (Å²) in [4.78, 5) is 0. The van der Waals surface area contributed by atoms with Gasteiger partial charge in [-0.2, -0.15) is 0 Å². The Bertz CT molecular complexity index is 736. The lowest BCUT2D eigenvalue weighted by atomic mass is 10.1. The van der Waals surface area contributed by atoms with E-state index < -0.39 is 0 Å². The Morgan fingerprint density at radius 2 is 1.36 bits per heavy atom. The number of benzene rings is 2. The molecule has 1 aromatic heterocycles. The van der Waals surface area contributed by atoms with Crippen molar-refractivity contribution < 1.29 is 0 Å². The van der Waals surface area contributed by atoms with E-state index in [0.29, 0.717) is 0 Å². The third-order valence-electron chi connectivity index (χ3n) is 3.32. The summed E-state index contributed by atoms with van der Waals surface area (Å²) < 4.78 is 2.68. The zero-order valence-corrected chi connectivity index (χ0v) is 14.9. The highest BCUT2D eigenvalue weighted by molar-refractivity contribution is 8.03. The molecule has 0 bridgehead atoms. The van der Waals surface area contributed by atoms with Crippen LogP contribution in [0.15, 0.2) is 69.1 Å². The summed E-state index contributed by atoms with van der Waals surface area (Å²) in [6.45, 7) is 0. The van der Waals surface area contributed by atoms with Crippen LogP contribution in [0.1, 0.15) is 0 Å². The van der Waals surface area contributed by atoms with Gasteiger partial charge in [0, 0.05) is 11.3 Å². The van der Waals surface area contributed by atoms with E-state index in [1.54, 1.807) is 11.8 Å². The highest BCUT2D eigenvalue weighted by atomic mass is 32.2. The van der Waals surface area contributed by atoms with Crippen LogP contribution in [0.3, 0.4) is 0 Å². The molecule has 0 aliphatic carbocycles. The first-order valence-electron chi connectivity index (χ1n) is 6.95. The Morgan fingerprint density at radius 3 is 1.95 bits per heavy atom. The predicted molar refractivity (Wildman–Crippen MR) is 103 cm³/mol. The van der Waals surface area contributed by atoms with E-state index in [4.69, 9.17) is 0 Å². The average Bonchev–Trinajstić information content (AvgIpc) is 2.94. The fourth-order valence-electron chi connectivity index (χ4n) is 2.32. The third-order valence-corrected chi connectivity index (χ3v) is 6.75. The van der Waals surface area contributed by atoms with Gasteiger partial charge in [-0.3, -0.25) is 0 Å². The molecule has 0 unspecified atom stereocenters. The summed E-state index contributed by atoms with van der Waals surface area (Å²) in [5.74, 6) is 0. The second kappa shape index (κ2) is 7.27. The van der Waals surface area contributed by atoms with E-state index in [1.165, 1.54) is 25.2 Å². The van der Waals surface area contributed by atoms with Gasteiger partial charge in [0.05, 0.1) is 14.1 Å². The van der Waals surface area contributed by atoms with Crippen molar-refractivity contribution in [3.8, 4) is 11.1 Å². The number of nitrogens with one attached hydrogen (secondary N) is 1. The first-order chi connectivity index (χ1) is 10.8. The zero-order valence-electron chi connectivity index (χ0n) is 12.5. The zero-order chi connectivity index (χ0) is 15.4. The van der Waals surface area contributed by atoms with Gasteiger partial charge in [-0.1, -0.05) is 48.5 Å². The molecule has 3 rings (SSSR count). The van der Waals surface area contributed by atoms with Crippen LogP contribution in [0.5, 0.6) is 0 Å². The van der Waals surface area contributed by atoms with E-state index in [2.05, 4.69) is 72.4 Å². The molecule has 3 aromatic rings. The standard InChI is InChI=1S/C18H17NS3/c1-20-17-15(13-9-5-3-6-10-13)16(18(21-2)22-17)19-14-11-7-4-8-12-14/h3-12,19H,1-2H3. The smallest absolute Gasteiger partial charge is 0.0850 e. The maximum absolute atomic E-state index is 3.62. The molecule has 1 heterocycles. The number of rotatable bonds is 5. The Labute approximate surface area is 144 Å². The minimum atomic E-state index is 1.13. The highest BCUT2D eigenvalue weighted by Crippen LogP contribution is 2.49. The van der Waals surface area contributed by atoms with E-state index >= 15 is 0 Å². The summed E-state index contributed by atoms with van der Waals surface area (Å²) in [6, 6.07) is 21.0. The minimum Gasteiger partial charge on any atom is -0.353 e. The molecule has 0 amide bonds. The average molecular weight is 344 g/mol. The summed E-state index contributed by atoms with van der Waals surface area (Å²) in [5, 5.41) is 3.62. The minimum absolute atomic E-state index is 1.13. The van der Waals surface area contributed by atoms with Crippen molar-refractivity contribution >= 4 is 46.2 Å². The Kier molecular flexibility index (Phi) is 5.13. The van der Waals surface area contributed by atoms with Gasteiger partial charge in [-0.05, 0) is 30.2 Å². The molecule has 4 heteroatoms. The van der Waals surface area contributed by atoms with Gasteiger partial charge in [0.1, 0.15) is 0 Å². The van der Waals surface area contributed by atoms with Gasteiger partial charge in [-0.15, -0.1) is 34.9 Å². The number of thiophene rings is 1. The lowest BCUT2D eigenvalue weighted by Crippen LogP contribution is -1.92. The second-order valence-corrected chi connectivity index (χ2v) is 7.86. The van der Waals surface area contributed by atoms with Crippen LogP contribution in [0, 0.1) is 0 Å². The molecular formula is C18H17NS3. The molecule has 0 saturated carbocycles. The Morgan fingerprint density at radius 1 is 0.773 bits per heavy atom. The van der Waals surface area contributed by atoms with Gasteiger partial charge in [0.15, 0.2) is 0 Å². The number of anilines is 2. The van der Waals surface area contributed by atoms with Gasteiger partial charge in [0.2, 0.25) is 0 Å². The quantitative estimate of drug-likeness (QED) is 0.524. The topological polar surface area (TPSA) is 12.0 Å². The van der Waals surface area contributed by atoms with Crippen LogP contribution in [0.2, 0.25) is 0 Å². The largest absolute Gasteiger partial charge is 0.353 e. The summed E-state index contributed by atoms with van der Waals surface area (Å²) in [6.07, 6.45) is 4.29. The van der Waals surface area contributed by atoms with E-state index in [1.807, 2.05) is 29.2 Å². The lowest BCUT2D eigenvalue weighted by Gasteiger charge is -2.11. The van der Waals surface area contributed by atoms with Crippen molar-refractivity contribution in [2.24, 2.45) is 0 Å². The van der Waals surface area contributed by atoms with E-state index in [9.17, 15) is 0 Å². The molecular weight excluding hydrogens is 326 g/mol. The van der Waals surface area contributed by atoms with Crippen LogP contribution in [0.25, 0.3) is 11.1 Å². The Balaban J connectivity index is 2.12. The SMILES string of the molecule is CSc1sc(SC)c(-c2ccccc2)c1Nc1ccccc1. The molecule has 0 radical (unpaired) electrons. The normalized spacial score (nSPS) is 10.6. The second-order valence-electron chi connectivity index (χ2n) is 4.69. The van der Waals surface area contributed by atoms with Crippen LogP contribution >= 0.6 is 34.9 Å². The fourth-order valence-corrected chi connectivity index (χ4v) is 5.18. The van der Waals surface area contributed by atoms with Crippen molar-refractivity contribution in [3.63, 3.8) is 0 Å². The van der Waals surface area contributed by atoms with Crippen molar-refractivity contribution in [2.75, 3.05) is 17.8 Å². The van der Waals surface area contributed by atoms with Crippen LogP contribution in [0.4, 0.5) is 11.4 Å². The molecule has 1 N–H and O–H groups in total. The van der Waals surface area contributed by atoms with Gasteiger partial charge >= 0.3 is 0 Å². The molecule has 112 valence electrons. The summed E-state index contributed by atoms with van der Waals surface area (Å²) in [5.41, 5.74) is 4.92. The van der Waals surface area contributed by atoms with Crippen molar-refractivity contribution in [2.45, 2.75) is 8.42 Å². The first-order valence-corrected chi connectivity index (χ1v) is 10.2. The molecule has 0 aliphatic heterocycles. The van der Waals surface area contributed by atoms with Crippen molar-refractivity contribution in [3.05, 3.63) is 60.7 Å². The third kappa shape index (κ3) is 3.19. The van der Waals surface area contributed by atoms with Crippen LogP contribution in [-0.4, -0.2) is 12.5 Å². The molecule has 0 spiro atoms. The summed E-state index contributed by atoms with van der Waals surface area (Å²) >= 11 is 5.48. The monoisotopic (exact) mass is 343 g/mol. The molecule has 0 aliphatic rings. The molecule has 0 atom stereocenters. The Hall–Kier alpha value is -1.36. The van der Waals surface area contributed by atoms with Crippen LogP contribution < -0.4 is 5.32 Å². The molecule has 0 saturated heterocycles. The van der Waals surface area contributed by atoms with E-state index in [-0.39, 0.29) is 0 Å². The first kappa shape index (κ1) is 15.5. The van der Waals surface area contributed by atoms with Crippen molar-refractivity contribution in [1.29, 1.82) is 0 Å². The number of thioether (sulfide) groups is 2. The molecule has 22 heavy (non-hydrogen) atoms. The maximum atomic E-state index is 3.62. The maximum Gasteiger partial charge on any atom is 0.0850 e. The van der Waals surface area contributed by atoms with Gasteiger partial charge in [0.25, 0.3) is 0 Å².